The first-order valence-corrected chi connectivity index (χ1v) is 13.0. The Morgan fingerprint density at radius 3 is 2.31 bits per heavy atom. The van der Waals surface area contributed by atoms with Gasteiger partial charge in [-0.2, -0.15) is 0 Å². The van der Waals surface area contributed by atoms with Gasteiger partial charge in [-0.25, -0.2) is 0 Å². The van der Waals surface area contributed by atoms with Gasteiger partial charge in [-0.3, -0.25) is 0 Å². The van der Waals surface area contributed by atoms with E-state index in [0.717, 1.165) is 53.0 Å². The van der Waals surface area contributed by atoms with Crippen molar-refractivity contribution >= 4 is 11.1 Å². The minimum Gasteiger partial charge on any atom is -0.508 e. The number of rotatable bonds is 15. The summed E-state index contributed by atoms with van der Waals surface area (Å²) in [7, 11) is 2.16. The summed E-state index contributed by atoms with van der Waals surface area (Å²) in [4.78, 5) is 2.37. The fraction of sp³-hybridized carbons (Fsp3) is 0.375. The molecule has 4 heteroatoms. The molecule has 0 saturated carbocycles. The number of ether oxygens (including phenoxy) is 1. The number of aromatic hydroxyl groups is 1. The zero-order valence-corrected chi connectivity index (χ0v) is 22.4. The van der Waals surface area contributed by atoms with E-state index in [2.05, 4.69) is 44.5 Å². The van der Waals surface area contributed by atoms with Crippen molar-refractivity contribution in [3.05, 3.63) is 102 Å². The first-order valence-electron chi connectivity index (χ1n) is 13.0. The molecule has 0 aliphatic heterocycles. The molecule has 0 bridgehead atoms. The number of hydrogen-bond acceptors (Lipinski definition) is 4. The molecule has 0 aromatic heterocycles. The lowest BCUT2D eigenvalue weighted by molar-refractivity contribution is 0.156. The highest BCUT2D eigenvalue weighted by Gasteiger charge is 2.15. The van der Waals surface area contributed by atoms with E-state index in [-0.39, 0.29) is 12.4 Å². The van der Waals surface area contributed by atoms with E-state index in [1.807, 2.05) is 55.5 Å². The Balaban J connectivity index is 2.44. The molecule has 36 heavy (non-hydrogen) atoms. The number of allylic oxidation sites excluding steroid dienone is 7. The highest BCUT2D eigenvalue weighted by atomic mass is 16.5. The van der Waals surface area contributed by atoms with Gasteiger partial charge in [-0.1, -0.05) is 75.0 Å². The fourth-order valence-electron chi connectivity index (χ4n) is 4.31. The number of benzene rings is 2. The molecule has 2 aromatic rings. The van der Waals surface area contributed by atoms with Crippen molar-refractivity contribution in [1.82, 2.24) is 4.90 Å². The summed E-state index contributed by atoms with van der Waals surface area (Å²) in [5.74, 6) is 1.08. The van der Waals surface area contributed by atoms with Crippen LogP contribution in [0.25, 0.3) is 11.1 Å². The maximum absolute atomic E-state index is 9.88. The molecule has 1 unspecified atom stereocenters. The first-order chi connectivity index (χ1) is 17.4. The third-order valence-electron chi connectivity index (χ3n) is 6.55. The quantitative estimate of drug-likeness (QED) is 0.157. The average Bonchev–Trinajstić information content (AvgIpc) is 2.91. The summed E-state index contributed by atoms with van der Waals surface area (Å²) in [5, 5.41) is 19.5. The van der Waals surface area contributed by atoms with Gasteiger partial charge in [0.1, 0.15) is 5.75 Å². The molecule has 1 atom stereocenters. The van der Waals surface area contributed by atoms with Gasteiger partial charge < -0.3 is 19.8 Å². The van der Waals surface area contributed by atoms with Crippen LogP contribution in [0.5, 0.6) is 5.75 Å². The Hall–Kier alpha value is -3.08. The molecule has 2 N–H and O–H groups in total. The first kappa shape index (κ1) is 29.2. The van der Waals surface area contributed by atoms with Crippen LogP contribution in [0.4, 0.5) is 0 Å². The van der Waals surface area contributed by atoms with Crippen molar-refractivity contribution in [1.29, 1.82) is 0 Å². The number of phenolic OH excluding ortho intramolecular Hbond substituents is 1. The van der Waals surface area contributed by atoms with Crippen LogP contribution >= 0.6 is 0 Å². The monoisotopic (exact) mass is 489 g/mol. The number of nitrogens with zero attached hydrogens (tertiary/aromatic N) is 1. The van der Waals surface area contributed by atoms with Crippen molar-refractivity contribution in [2.75, 3.05) is 26.8 Å². The number of aliphatic hydroxyl groups excluding tert-OH is 1. The third kappa shape index (κ3) is 8.85. The second-order valence-electron chi connectivity index (χ2n) is 8.97. The molecule has 0 heterocycles. The molecular weight excluding hydrogens is 446 g/mol. The lowest BCUT2D eigenvalue weighted by atomic mass is 9.86. The summed E-state index contributed by atoms with van der Waals surface area (Å²) in [5.41, 5.74) is 5.20. The number of aliphatic hydroxyl groups is 1. The Labute approximate surface area is 217 Å². The molecule has 0 aliphatic carbocycles. The van der Waals surface area contributed by atoms with Crippen molar-refractivity contribution in [3.63, 3.8) is 0 Å². The SMILES string of the molecule is C=CC(=C\C=C(/C)OCCC(CC)N(C)CC)/C(=C(/CCCO)c1ccccc1)c1ccc(O)cc1. The number of hydrogen-bond donors (Lipinski definition) is 2. The predicted octanol–water partition coefficient (Wildman–Crippen LogP) is 7.23. The maximum atomic E-state index is 9.88. The summed E-state index contributed by atoms with van der Waals surface area (Å²) in [6.45, 7) is 12.3. The van der Waals surface area contributed by atoms with E-state index in [9.17, 15) is 10.2 Å². The Morgan fingerprint density at radius 2 is 1.72 bits per heavy atom. The van der Waals surface area contributed by atoms with E-state index >= 15 is 0 Å². The molecule has 0 fully saturated rings. The molecule has 0 radical (unpaired) electrons. The third-order valence-corrected chi connectivity index (χ3v) is 6.55. The van der Waals surface area contributed by atoms with Crippen LogP contribution in [0.1, 0.15) is 57.6 Å². The van der Waals surface area contributed by atoms with Crippen LogP contribution in [0.2, 0.25) is 0 Å². The van der Waals surface area contributed by atoms with Crippen molar-refractivity contribution in [3.8, 4) is 5.75 Å². The molecule has 2 rings (SSSR count). The van der Waals surface area contributed by atoms with E-state index in [1.54, 1.807) is 12.1 Å². The van der Waals surface area contributed by atoms with Crippen LogP contribution in [0.15, 0.2) is 90.7 Å². The molecule has 0 saturated heterocycles. The highest BCUT2D eigenvalue weighted by Crippen LogP contribution is 2.36. The summed E-state index contributed by atoms with van der Waals surface area (Å²) in [6, 6.07) is 18.0. The van der Waals surface area contributed by atoms with Gasteiger partial charge in [0.2, 0.25) is 0 Å². The molecular formula is C32H43NO3. The number of phenols is 1. The lowest BCUT2D eigenvalue weighted by Crippen LogP contribution is -2.31. The van der Waals surface area contributed by atoms with Crippen molar-refractivity contribution in [2.24, 2.45) is 0 Å². The van der Waals surface area contributed by atoms with E-state index in [0.29, 0.717) is 25.5 Å². The molecule has 4 nitrogen and oxygen atoms in total. The Bertz CT molecular complexity index is 1020. The van der Waals surface area contributed by atoms with Gasteiger partial charge >= 0.3 is 0 Å². The topological polar surface area (TPSA) is 52.9 Å². The van der Waals surface area contributed by atoms with Crippen LogP contribution in [-0.2, 0) is 4.74 Å². The second kappa shape index (κ2) is 15.8. The van der Waals surface area contributed by atoms with E-state index in [1.165, 1.54) is 0 Å². The molecule has 0 spiro atoms. The summed E-state index contributed by atoms with van der Waals surface area (Å²) in [6.07, 6.45) is 9.36. The zero-order valence-electron chi connectivity index (χ0n) is 22.4. The van der Waals surface area contributed by atoms with Gasteiger partial charge in [0.15, 0.2) is 0 Å². The van der Waals surface area contributed by atoms with Gasteiger partial charge in [-0.15, -0.1) is 0 Å². The standard InChI is InChI=1S/C32H43NO3/c1-6-26(17-16-25(4)36-24-22-29(7-2)33(5)8-3)32(28-18-20-30(35)21-19-28)31(15-12-23-34)27-13-10-9-11-14-27/h6,9-11,13-14,16-21,29,34-35H,1,7-8,12,15,22-24H2,2-5H3/b25-16+,26-17+,32-31+. The smallest absolute Gasteiger partial charge is 0.115 e. The van der Waals surface area contributed by atoms with Crippen LogP contribution in [0.3, 0.4) is 0 Å². The van der Waals surface area contributed by atoms with Crippen molar-refractivity contribution < 1.29 is 14.9 Å². The Kier molecular flexibility index (Phi) is 12.8. The lowest BCUT2D eigenvalue weighted by Gasteiger charge is -2.25. The van der Waals surface area contributed by atoms with Gasteiger partial charge in [0.25, 0.3) is 0 Å². The maximum Gasteiger partial charge on any atom is 0.115 e. The predicted molar refractivity (Wildman–Crippen MR) is 153 cm³/mol. The fourth-order valence-corrected chi connectivity index (χ4v) is 4.31. The molecule has 0 aliphatic rings. The highest BCUT2D eigenvalue weighted by molar-refractivity contribution is 5.99. The van der Waals surface area contributed by atoms with Crippen LogP contribution in [0, 0.1) is 0 Å². The molecule has 0 amide bonds. The normalized spacial score (nSPS) is 13.9. The van der Waals surface area contributed by atoms with E-state index < -0.39 is 0 Å². The van der Waals surface area contributed by atoms with E-state index in [4.69, 9.17) is 4.74 Å². The zero-order chi connectivity index (χ0) is 26.3. The van der Waals surface area contributed by atoms with Gasteiger partial charge in [0.05, 0.1) is 12.4 Å². The molecule has 2 aromatic carbocycles. The van der Waals surface area contributed by atoms with Crippen LogP contribution in [-0.4, -0.2) is 48.0 Å². The largest absolute Gasteiger partial charge is 0.508 e. The van der Waals surface area contributed by atoms with Gasteiger partial charge in [-0.05, 0) is 92.3 Å². The van der Waals surface area contributed by atoms with Gasteiger partial charge in [0, 0.05) is 12.6 Å². The van der Waals surface area contributed by atoms with Crippen LogP contribution < -0.4 is 0 Å². The minimum atomic E-state index is 0.116. The summed E-state index contributed by atoms with van der Waals surface area (Å²) >= 11 is 0. The second-order valence-corrected chi connectivity index (χ2v) is 8.97. The van der Waals surface area contributed by atoms with Crippen molar-refractivity contribution in [2.45, 2.75) is 52.5 Å². The summed E-state index contributed by atoms with van der Waals surface area (Å²) < 4.78 is 6.05. The minimum absolute atomic E-state index is 0.116. The Morgan fingerprint density at radius 1 is 1.03 bits per heavy atom. The molecule has 194 valence electrons. The average molecular weight is 490 g/mol.